The van der Waals surface area contributed by atoms with Crippen molar-refractivity contribution in [2.24, 2.45) is 0 Å². The third-order valence-corrected chi connectivity index (χ3v) is 6.19. The molecule has 0 aliphatic carbocycles. The fraction of sp³-hybridized carbons (Fsp3) is 0.333. The van der Waals surface area contributed by atoms with Gasteiger partial charge in [-0.15, -0.1) is 0 Å². The number of pyridine rings is 1. The zero-order chi connectivity index (χ0) is 24.1. The van der Waals surface area contributed by atoms with Crippen LogP contribution in [0.25, 0.3) is 22.8 Å². The molecule has 0 radical (unpaired) electrons. The topological polar surface area (TPSA) is 91.0 Å². The van der Waals surface area contributed by atoms with E-state index in [0.717, 1.165) is 48.4 Å². The summed E-state index contributed by atoms with van der Waals surface area (Å²) in [7, 11) is 0. The number of nitriles is 1. The Bertz CT molecular complexity index is 1280. The summed E-state index contributed by atoms with van der Waals surface area (Å²) in [6.45, 7) is 6.64. The third-order valence-electron chi connectivity index (χ3n) is 6.19. The van der Waals surface area contributed by atoms with Gasteiger partial charge in [-0.05, 0) is 81.7 Å². The summed E-state index contributed by atoms with van der Waals surface area (Å²) in [5.41, 5.74) is 5.08. The smallest absolute Gasteiger partial charge is 0.243 e. The first-order valence-electron chi connectivity index (χ1n) is 11.7. The second-order valence-corrected chi connectivity index (χ2v) is 8.58. The summed E-state index contributed by atoms with van der Waals surface area (Å²) in [4.78, 5) is 32.2. The van der Waals surface area contributed by atoms with E-state index in [4.69, 9.17) is 0 Å². The Morgan fingerprint density at radius 3 is 2.59 bits per heavy atom. The number of hydrogen-bond donors (Lipinski definition) is 1. The van der Waals surface area contributed by atoms with E-state index < -0.39 is 0 Å². The van der Waals surface area contributed by atoms with Gasteiger partial charge in [0.25, 0.3) is 0 Å². The number of piperidine rings is 1. The number of ketones is 1. The number of Topliss-reactive ketones (excluding diaryl/α,β-unsaturated/α-hetero) is 1. The molecule has 1 aliphatic rings. The first kappa shape index (κ1) is 23.4. The maximum atomic E-state index is 13.5. The molecule has 7 heteroatoms. The molecule has 1 aromatic carbocycles. The lowest BCUT2D eigenvalue weighted by atomic mass is 10.1. The highest BCUT2D eigenvalue weighted by atomic mass is 16.1. The van der Waals surface area contributed by atoms with Gasteiger partial charge in [-0.3, -0.25) is 19.5 Å². The van der Waals surface area contributed by atoms with Gasteiger partial charge < -0.3 is 9.88 Å². The molecule has 1 fully saturated rings. The molecule has 0 unspecified atom stereocenters. The fourth-order valence-corrected chi connectivity index (χ4v) is 4.54. The lowest BCUT2D eigenvalue weighted by molar-refractivity contribution is -0.116. The highest BCUT2D eigenvalue weighted by Gasteiger charge is 2.24. The van der Waals surface area contributed by atoms with Crippen molar-refractivity contribution in [3.8, 4) is 11.8 Å². The summed E-state index contributed by atoms with van der Waals surface area (Å²) >= 11 is 0. The summed E-state index contributed by atoms with van der Waals surface area (Å²) in [5.74, 6) is -0.103. The number of aromatic nitrogens is 2. The van der Waals surface area contributed by atoms with Crippen LogP contribution in [0.4, 0.5) is 0 Å². The standard InChI is InChI=1S/C27H29N5O2/c1-3-29-25(34)12-9-21-15-23-27(30-17-21)26(24(33)18-31-13-5-4-6-14-31)19(2)32(23)22-10-7-20(16-28)8-11-22/h7-12,15,17H,3-6,13-14,18H2,1-2H3,(H,29,34). The van der Waals surface area contributed by atoms with E-state index in [2.05, 4.69) is 21.3 Å². The number of nitrogens with zero attached hydrogens (tertiary/aromatic N) is 4. The third kappa shape index (κ3) is 4.92. The molecule has 3 heterocycles. The van der Waals surface area contributed by atoms with Crippen molar-refractivity contribution in [2.45, 2.75) is 33.1 Å². The van der Waals surface area contributed by atoms with Crippen molar-refractivity contribution >= 4 is 28.8 Å². The van der Waals surface area contributed by atoms with E-state index in [1.165, 1.54) is 12.5 Å². The lowest BCUT2D eigenvalue weighted by Gasteiger charge is -2.25. The van der Waals surface area contributed by atoms with Crippen LogP contribution in [-0.2, 0) is 4.79 Å². The minimum absolute atomic E-state index is 0.0647. The number of carbonyl (C=O) groups is 2. The SMILES string of the molecule is CCNC(=O)C=Cc1cnc2c(C(=O)CN3CCCCC3)c(C)n(-c3ccc(C#N)cc3)c2c1. The minimum Gasteiger partial charge on any atom is -0.353 e. The van der Waals surface area contributed by atoms with Gasteiger partial charge in [-0.1, -0.05) is 6.42 Å². The van der Waals surface area contributed by atoms with Gasteiger partial charge in [0.1, 0.15) is 0 Å². The predicted molar refractivity (Wildman–Crippen MR) is 133 cm³/mol. The summed E-state index contributed by atoms with van der Waals surface area (Å²) in [5, 5.41) is 11.9. The highest BCUT2D eigenvalue weighted by Crippen LogP contribution is 2.30. The zero-order valence-electron chi connectivity index (χ0n) is 19.7. The molecule has 3 aromatic rings. The van der Waals surface area contributed by atoms with Crippen molar-refractivity contribution < 1.29 is 9.59 Å². The quantitative estimate of drug-likeness (QED) is 0.429. The number of benzene rings is 1. The number of rotatable bonds is 7. The van der Waals surface area contributed by atoms with Crippen LogP contribution in [-0.4, -0.2) is 52.3 Å². The van der Waals surface area contributed by atoms with E-state index >= 15 is 0 Å². The van der Waals surface area contributed by atoms with Crippen molar-refractivity contribution in [1.82, 2.24) is 19.8 Å². The van der Waals surface area contributed by atoms with Crippen LogP contribution in [0.5, 0.6) is 0 Å². The van der Waals surface area contributed by atoms with Gasteiger partial charge in [0.05, 0.1) is 34.8 Å². The average Bonchev–Trinajstić information content (AvgIpc) is 3.14. The minimum atomic E-state index is -0.168. The van der Waals surface area contributed by atoms with Gasteiger partial charge in [-0.25, -0.2) is 0 Å². The summed E-state index contributed by atoms with van der Waals surface area (Å²) in [6.07, 6.45) is 8.36. The average molecular weight is 456 g/mol. The Balaban J connectivity index is 1.80. The molecule has 34 heavy (non-hydrogen) atoms. The fourth-order valence-electron chi connectivity index (χ4n) is 4.54. The molecule has 1 saturated heterocycles. The Hall–Kier alpha value is -3.76. The molecule has 0 atom stereocenters. The van der Waals surface area contributed by atoms with Crippen LogP contribution >= 0.6 is 0 Å². The molecule has 0 saturated carbocycles. The molecule has 0 spiro atoms. The highest BCUT2D eigenvalue weighted by molar-refractivity contribution is 6.09. The maximum absolute atomic E-state index is 13.5. The largest absolute Gasteiger partial charge is 0.353 e. The molecular weight excluding hydrogens is 426 g/mol. The second-order valence-electron chi connectivity index (χ2n) is 8.58. The van der Waals surface area contributed by atoms with E-state index in [1.807, 2.05) is 36.6 Å². The number of likely N-dealkylation sites (N-methyl/N-ethyl adjacent to an activating group) is 1. The van der Waals surface area contributed by atoms with Crippen LogP contribution in [0.3, 0.4) is 0 Å². The van der Waals surface area contributed by atoms with E-state index in [9.17, 15) is 14.9 Å². The Morgan fingerprint density at radius 1 is 1.18 bits per heavy atom. The molecular formula is C27H29N5O2. The molecule has 1 aliphatic heterocycles. The predicted octanol–water partition coefficient (Wildman–Crippen LogP) is 4.02. The van der Waals surface area contributed by atoms with Crippen molar-refractivity contribution in [3.63, 3.8) is 0 Å². The molecule has 1 amide bonds. The van der Waals surface area contributed by atoms with Gasteiger partial charge in [0, 0.05) is 30.2 Å². The van der Waals surface area contributed by atoms with Crippen LogP contribution in [0.2, 0.25) is 0 Å². The monoisotopic (exact) mass is 455 g/mol. The van der Waals surface area contributed by atoms with Crippen LogP contribution in [0, 0.1) is 18.3 Å². The van der Waals surface area contributed by atoms with Gasteiger partial charge in [0.2, 0.25) is 5.91 Å². The number of nitrogens with one attached hydrogen (secondary N) is 1. The first-order valence-corrected chi connectivity index (χ1v) is 11.7. The molecule has 2 aromatic heterocycles. The molecule has 0 bridgehead atoms. The molecule has 174 valence electrons. The van der Waals surface area contributed by atoms with E-state index in [0.29, 0.717) is 29.7 Å². The summed E-state index contributed by atoms with van der Waals surface area (Å²) in [6, 6.07) is 11.4. The van der Waals surface area contributed by atoms with Gasteiger partial charge >= 0.3 is 0 Å². The first-order chi connectivity index (χ1) is 16.5. The number of hydrogen-bond acceptors (Lipinski definition) is 5. The maximum Gasteiger partial charge on any atom is 0.243 e. The molecule has 7 nitrogen and oxygen atoms in total. The number of likely N-dealkylation sites (tertiary alicyclic amines) is 1. The molecule has 4 rings (SSSR count). The Labute approximate surface area is 199 Å². The zero-order valence-corrected chi connectivity index (χ0v) is 19.7. The second kappa shape index (κ2) is 10.4. The number of carbonyl (C=O) groups excluding carboxylic acids is 2. The van der Waals surface area contributed by atoms with E-state index in [1.54, 1.807) is 24.4 Å². The van der Waals surface area contributed by atoms with Crippen LogP contribution in [0.15, 0.2) is 42.6 Å². The Morgan fingerprint density at radius 2 is 1.91 bits per heavy atom. The van der Waals surface area contributed by atoms with Gasteiger partial charge in [0.15, 0.2) is 5.78 Å². The molecule has 1 N–H and O–H groups in total. The normalized spacial score (nSPS) is 14.4. The van der Waals surface area contributed by atoms with Crippen LogP contribution < -0.4 is 5.32 Å². The van der Waals surface area contributed by atoms with Crippen molar-refractivity contribution in [2.75, 3.05) is 26.2 Å². The number of fused-ring (bicyclic) bond motifs is 1. The van der Waals surface area contributed by atoms with Crippen LogP contribution in [0.1, 0.15) is 53.4 Å². The lowest BCUT2D eigenvalue weighted by Crippen LogP contribution is -2.34. The van der Waals surface area contributed by atoms with Crippen molar-refractivity contribution in [3.05, 3.63) is 65.0 Å². The summed E-state index contributed by atoms with van der Waals surface area (Å²) < 4.78 is 2.01. The van der Waals surface area contributed by atoms with Gasteiger partial charge in [-0.2, -0.15) is 5.26 Å². The Kier molecular flexibility index (Phi) is 7.19. The van der Waals surface area contributed by atoms with Crippen molar-refractivity contribution in [1.29, 1.82) is 5.26 Å². The number of amides is 1. The van der Waals surface area contributed by atoms with E-state index in [-0.39, 0.29) is 11.7 Å².